The van der Waals surface area contributed by atoms with Crippen LogP contribution < -0.4 is 0 Å². The van der Waals surface area contributed by atoms with Crippen LogP contribution in [0.3, 0.4) is 0 Å². The van der Waals surface area contributed by atoms with E-state index in [1.807, 2.05) is 24.9 Å². The molecule has 1 aliphatic rings. The van der Waals surface area contributed by atoms with Gasteiger partial charge in [-0.05, 0) is 26.0 Å². The van der Waals surface area contributed by atoms with Crippen LogP contribution >= 0.6 is 23.4 Å². The molecule has 1 aliphatic heterocycles. The van der Waals surface area contributed by atoms with E-state index in [-0.39, 0.29) is 4.75 Å². The number of likely N-dealkylation sites (tertiary alicyclic amines) is 1. The second kappa shape index (κ2) is 5.74. The molecule has 0 N–H and O–H groups in total. The first-order chi connectivity index (χ1) is 9.01. The summed E-state index contributed by atoms with van der Waals surface area (Å²) in [6.45, 7) is 4.62. The van der Waals surface area contributed by atoms with Crippen LogP contribution in [0.5, 0.6) is 0 Å². The smallest absolute Gasteiger partial charge is 0.104 e. The second-order valence-electron chi connectivity index (χ2n) is 5.06. The van der Waals surface area contributed by atoms with Crippen LogP contribution in [0.1, 0.15) is 24.2 Å². The van der Waals surface area contributed by atoms with Gasteiger partial charge in [-0.1, -0.05) is 11.6 Å². The van der Waals surface area contributed by atoms with Crippen molar-refractivity contribution in [3.63, 3.8) is 0 Å². The minimum atomic E-state index is -0.192. The van der Waals surface area contributed by atoms with Gasteiger partial charge in [0.1, 0.15) is 4.75 Å². The monoisotopic (exact) mass is 298 g/mol. The number of hydrogen-bond donors (Lipinski definition) is 0. The fraction of sp³-hybridized carbons (Fsp3) is 0.692. The van der Waals surface area contributed by atoms with Gasteiger partial charge in [0, 0.05) is 26.7 Å². The Labute approximate surface area is 123 Å². The molecule has 0 atom stereocenters. The highest BCUT2D eigenvalue weighted by atomic mass is 35.5. The van der Waals surface area contributed by atoms with E-state index in [0.717, 1.165) is 48.9 Å². The molecule has 104 valence electrons. The van der Waals surface area contributed by atoms with Crippen molar-refractivity contribution in [2.75, 3.05) is 19.3 Å². The largest absolute Gasteiger partial charge is 0.297 e. The van der Waals surface area contributed by atoms with Gasteiger partial charge in [-0.3, -0.25) is 9.58 Å². The predicted molar refractivity (Wildman–Crippen MR) is 79.3 cm³/mol. The minimum absolute atomic E-state index is 0.192. The highest BCUT2D eigenvalue weighted by Crippen LogP contribution is 2.34. The molecular formula is C13H19ClN4S. The van der Waals surface area contributed by atoms with Gasteiger partial charge >= 0.3 is 0 Å². The molecule has 2 rings (SSSR count). The Morgan fingerprint density at radius 1 is 1.47 bits per heavy atom. The number of nitriles is 1. The number of piperidine rings is 1. The average Bonchev–Trinajstić information content (AvgIpc) is 2.66. The van der Waals surface area contributed by atoms with Crippen molar-refractivity contribution in [1.29, 1.82) is 5.26 Å². The number of aryl methyl sites for hydroxylation is 2. The molecule has 0 unspecified atom stereocenters. The van der Waals surface area contributed by atoms with E-state index in [1.54, 1.807) is 11.8 Å². The van der Waals surface area contributed by atoms with E-state index in [4.69, 9.17) is 11.6 Å². The Bertz CT molecular complexity index is 497. The van der Waals surface area contributed by atoms with Gasteiger partial charge < -0.3 is 0 Å². The Balaban J connectivity index is 2.02. The van der Waals surface area contributed by atoms with Gasteiger partial charge in [-0.25, -0.2) is 0 Å². The van der Waals surface area contributed by atoms with Crippen molar-refractivity contribution in [2.45, 2.75) is 31.1 Å². The van der Waals surface area contributed by atoms with Crippen LogP contribution in [0.25, 0.3) is 0 Å². The summed E-state index contributed by atoms with van der Waals surface area (Å²) in [4.78, 5) is 2.36. The molecule has 1 saturated heterocycles. The lowest BCUT2D eigenvalue weighted by molar-refractivity contribution is 0.204. The summed E-state index contributed by atoms with van der Waals surface area (Å²) in [5, 5.41) is 14.4. The van der Waals surface area contributed by atoms with Crippen molar-refractivity contribution >= 4 is 23.4 Å². The Kier molecular flexibility index (Phi) is 4.44. The first-order valence-electron chi connectivity index (χ1n) is 6.38. The van der Waals surface area contributed by atoms with E-state index < -0.39 is 0 Å². The van der Waals surface area contributed by atoms with E-state index in [9.17, 15) is 5.26 Å². The summed E-state index contributed by atoms with van der Waals surface area (Å²) in [7, 11) is 1.93. The van der Waals surface area contributed by atoms with Crippen molar-refractivity contribution in [2.24, 2.45) is 7.05 Å². The van der Waals surface area contributed by atoms with Crippen molar-refractivity contribution in [3.05, 3.63) is 16.4 Å². The molecule has 0 amide bonds. The summed E-state index contributed by atoms with van der Waals surface area (Å²) in [6.07, 6.45) is 3.86. The Morgan fingerprint density at radius 3 is 2.53 bits per heavy atom. The maximum Gasteiger partial charge on any atom is 0.104 e. The lowest BCUT2D eigenvalue weighted by Crippen LogP contribution is -2.41. The number of nitrogens with zero attached hydrogens (tertiary/aromatic N) is 4. The third kappa shape index (κ3) is 2.91. The first-order valence-corrected chi connectivity index (χ1v) is 7.98. The fourth-order valence-electron chi connectivity index (χ4n) is 2.50. The third-order valence-electron chi connectivity index (χ3n) is 3.89. The number of halogens is 1. The normalized spacial score (nSPS) is 19.3. The van der Waals surface area contributed by atoms with Crippen LogP contribution in [0.4, 0.5) is 0 Å². The average molecular weight is 299 g/mol. The number of hydrogen-bond acceptors (Lipinski definition) is 4. The van der Waals surface area contributed by atoms with Crippen LogP contribution in [-0.2, 0) is 13.6 Å². The molecule has 1 fully saturated rings. The van der Waals surface area contributed by atoms with Gasteiger partial charge in [0.25, 0.3) is 0 Å². The van der Waals surface area contributed by atoms with E-state index in [1.165, 1.54) is 0 Å². The van der Waals surface area contributed by atoms with Gasteiger partial charge in [0.2, 0.25) is 0 Å². The number of aromatic nitrogens is 2. The molecule has 0 saturated carbocycles. The van der Waals surface area contributed by atoms with Crippen molar-refractivity contribution in [1.82, 2.24) is 14.7 Å². The zero-order valence-electron chi connectivity index (χ0n) is 11.6. The lowest BCUT2D eigenvalue weighted by Gasteiger charge is -2.36. The minimum Gasteiger partial charge on any atom is -0.297 e. The van der Waals surface area contributed by atoms with Gasteiger partial charge in [-0.2, -0.15) is 10.4 Å². The highest BCUT2D eigenvalue weighted by Gasteiger charge is 2.34. The van der Waals surface area contributed by atoms with Crippen molar-refractivity contribution in [3.8, 4) is 6.07 Å². The molecule has 0 aromatic carbocycles. The van der Waals surface area contributed by atoms with Crippen LogP contribution in [0, 0.1) is 18.3 Å². The molecule has 2 heterocycles. The zero-order chi connectivity index (χ0) is 14.0. The molecule has 0 spiro atoms. The van der Waals surface area contributed by atoms with E-state index >= 15 is 0 Å². The van der Waals surface area contributed by atoms with Gasteiger partial charge in [0.05, 0.1) is 22.5 Å². The second-order valence-corrected chi connectivity index (χ2v) is 6.62. The molecule has 1 aromatic rings. The summed E-state index contributed by atoms with van der Waals surface area (Å²) in [5.74, 6) is 0. The van der Waals surface area contributed by atoms with E-state index in [2.05, 4.69) is 16.1 Å². The Morgan fingerprint density at radius 2 is 2.11 bits per heavy atom. The van der Waals surface area contributed by atoms with Crippen LogP contribution in [-0.4, -0.2) is 38.8 Å². The van der Waals surface area contributed by atoms with Crippen LogP contribution in [0.2, 0.25) is 5.02 Å². The first kappa shape index (κ1) is 14.7. The number of rotatable bonds is 3. The highest BCUT2D eigenvalue weighted by molar-refractivity contribution is 8.00. The third-order valence-corrected chi connectivity index (χ3v) is 5.67. The molecule has 0 bridgehead atoms. The standard InChI is InChI=1S/C13H19ClN4S/c1-10-12(14)11(17(2)16-10)8-18-6-4-13(9-15,19-3)5-7-18/h4-8H2,1-3H3. The summed E-state index contributed by atoms with van der Waals surface area (Å²) in [5.41, 5.74) is 1.94. The maximum atomic E-state index is 9.28. The molecule has 1 aromatic heterocycles. The quantitative estimate of drug-likeness (QED) is 0.860. The number of thioether (sulfide) groups is 1. The molecule has 0 aliphatic carbocycles. The zero-order valence-corrected chi connectivity index (χ0v) is 13.2. The molecule has 6 heteroatoms. The lowest BCUT2D eigenvalue weighted by atomic mass is 9.97. The maximum absolute atomic E-state index is 9.28. The van der Waals surface area contributed by atoms with Crippen LogP contribution in [0.15, 0.2) is 0 Å². The van der Waals surface area contributed by atoms with Gasteiger partial charge in [-0.15, -0.1) is 11.8 Å². The molecule has 0 radical (unpaired) electrons. The fourth-order valence-corrected chi connectivity index (χ4v) is 3.40. The van der Waals surface area contributed by atoms with E-state index in [0.29, 0.717) is 0 Å². The molecule has 19 heavy (non-hydrogen) atoms. The van der Waals surface area contributed by atoms with Gasteiger partial charge in [0.15, 0.2) is 0 Å². The topological polar surface area (TPSA) is 44.9 Å². The Hall–Kier alpha value is -0.700. The molecular weight excluding hydrogens is 280 g/mol. The summed E-state index contributed by atoms with van der Waals surface area (Å²) >= 11 is 7.96. The molecule has 4 nitrogen and oxygen atoms in total. The summed E-state index contributed by atoms with van der Waals surface area (Å²) < 4.78 is 1.67. The van der Waals surface area contributed by atoms with Crippen molar-refractivity contribution < 1.29 is 0 Å². The summed E-state index contributed by atoms with van der Waals surface area (Å²) in [6, 6.07) is 2.47. The predicted octanol–water partition coefficient (Wildman–Crippen LogP) is 2.60. The SMILES string of the molecule is CSC1(C#N)CCN(Cc2c(Cl)c(C)nn2C)CC1.